The van der Waals surface area contributed by atoms with E-state index in [1.54, 1.807) is 6.20 Å². The van der Waals surface area contributed by atoms with Crippen molar-refractivity contribution >= 4 is 28.1 Å². The molecule has 0 unspecified atom stereocenters. The highest BCUT2D eigenvalue weighted by Gasteiger charge is 2.23. The number of likely N-dealkylation sites (tertiary alicyclic amines) is 1. The lowest BCUT2D eigenvalue weighted by atomic mass is 10.1. The van der Waals surface area contributed by atoms with Crippen molar-refractivity contribution in [1.82, 2.24) is 15.1 Å². The quantitative estimate of drug-likeness (QED) is 0.720. The van der Waals surface area contributed by atoms with Gasteiger partial charge in [-0.25, -0.2) is 0 Å². The van der Waals surface area contributed by atoms with Gasteiger partial charge in [0.15, 0.2) is 5.78 Å². The number of Topliss-reactive ketones (excluding diaryl/α,β-unsaturated/α-hetero) is 1. The van der Waals surface area contributed by atoms with Crippen LogP contribution in [-0.4, -0.2) is 39.7 Å². The fraction of sp³-hybridized carbons (Fsp3) is 0.211. The maximum absolute atomic E-state index is 12.2. The number of fused-ring (bicyclic) bond motifs is 1. The fourth-order valence-corrected chi connectivity index (χ4v) is 3.00. The number of ketones is 1. The molecule has 0 spiro atoms. The van der Waals surface area contributed by atoms with Crippen LogP contribution in [-0.2, 0) is 11.3 Å². The molecule has 1 aliphatic rings. The van der Waals surface area contributed by atoms with Crippen LogP contribution in [0.2, 0.25) is 0 Å². The smallest absolute Gasteiger partial charge is 0.181 e. The van der Waals surface area contributed by atoms with E-state index in [0.717, 1.165) is 29.7 Å². The molecule has 0 bridgehead atoms. The number of hydrogen-bond donors (Lipinski definition) is 2. The van der Waals surface area contributed by atoms with E-state index in [9.17, 15) is 4.79 Å². The Morgan fingerprint density at radius 1 is 1.20 bits per heavy atom. The summed E-state index contributed by atoms with van der Waals surface area (Å²) in [5.41, 5.74) is 6.65. The van der Waals surface area contributed by atoms with Gasteiger partial charge in [-0.2, -0.15) is 10.2 Å². The molecule has 1 saturated heterocycles. The van der Waals surface area contributed by atoms with Gasteiger partial charge >= 0.3 is 0 Å². The lowest BCUT2D eigenvalue weighted by Crippen LogP contribution is -2.41. The number of benzene rings is 2. The van der Waals surface area contributed by atoms with Gasteiger partial charge in [-0.1, -0.05) is 30.3 Å². The van der Waals surface area contributed by atoms with Crippen molar-refractivity contribution in [1.29, 1.82) is 0 Å². The SMILES string of the molecule is O=C1CCN(Cc2ccccc2)C/C1=N\Nc1ccc2[nH]ncc2c1. The number of piperidine rings is 1. The topological polar surface area (TPSA) is 73.4 Å². The summed E-state index contributed by atoms with van der Waals surface area (Å²) in [6.07, 6.45) is 2.27. The van der Waals surface area contributed by atoms with Crippen LogP contribution in [0.1, 0.15) is 12.0 Å². The molecule has 0 aliphatic carbocycles. The van der Waals surface area contributed by atoms with Gasteiger partial charge in [0, 0.05) is 31.4 Å². The number of nitrogens with zero attached hydrogens (tertiary/aromatic N) is 3. The summed E-state index contributed by atoms with van der Waals surface area (Å²) in [6, 6.07) is 16.1. The molecule has 0 saturated carbocycles. The molecule has 2 heterocycles. The summed E-state index contributed by atoms with van der Waals surface area (Å²) in [7, 11) is 0. The molecule has 0 atom stereocenters. The Balaban J connectivity index is 1.45. The zero-order valence-electron chi connectivity index (χ0n) is 13.8. The number of hydrogen-bond acceptors (Lipinski definition) is 5. The third-order valence-corrected chi connectivity index (χ3v) is 4.36. The van der Waals surface area contributed by atoms with Gasteiger partial charge in [-0.05, 0) is 23.8 Å². The highest BCUT2D eigenvalue weighted by atomic mass is 16.1. The lowest BCUT2D eigenvalue weighted by molar-refractivity contribution is -0.114. The summed E-state index contributed by atoms with van der Waals surface area (Å²) in [5, 5.41) is 12.3. The molecule has 6 nitrogen and oxygen atoms in total. The van der Waals surface area contributed by atoms with Crippen LogP contribution in [0.4, 0.5) is 5.69 Å². The first-order valence-corrected chi connectivity index (χ1v) is 8.33. The first-order valence-electron chi connectivity index (χ1n) is 8.33. The monoisotopic (exact) mass is 333 g/mol. The predicted octanol–water partition coefficient (Wildman–Crippen LogP) is 2.81. The van der Waals surface area contributed by atoms with Crippen molar-refractivity contribution in [2.24, 2.45) is 5.10 Å². The normalized spacial score (nSPS) is 17.3. The Hall–Kier alpha value is -2.99. The van der Waals surface area contributed by atoms with Crippen molar-refractivity contribution in [2.45, 2.75) is 13.0 Å². The molecule has 2 N–H and O–H groups in total. The number of carbonyl (C=O) groups is 1. The van der Waals surface area contributed by atoms with Crippen LogP contribution in [0.15, 0.2) is 59.8 Å². The Kier molecular flexibility index (Phi) is 4.26. The second kappa shape index (κ2) is 6.86. The Morgan fingerprint density at radius 3 is 2.96 bits per heavy atom. The van der Waals surface area contributed by atoms with Gasteiger partial charge < -0.3 is 0 Å². The van der Waals surface area contributed by atoms with Gasteiger partial charge in [0.1, 0.15) is 5.71 Å². The first kappa shape index (κ1) is 15.5. The summed E-state index contributed by atoms with van der Waals surface area (Å²) in [4.78, 5) is 14.4. The van der Waals surface area contributed by atoms with Crippen LogP contribution >= 0.6 is 0 Å². The van der Waals surface area contributed by atoms with Gasteiger partial charge in [0.2, 0.25) is 0 Å². The minimum absolute atomic E-state index is 0.112. The van der Waals surface area contributed by atoms with Crippen molar-refractivity contribution < 1.29 is 4.79 Å². The maximum Gasteiger partial charge on any atom is 0.181 e. The number of H-pyrrole nitrogens is 1. The largest absolute Gasteiger partial charge is 0.293 e. The van der Waals surface area contributed by atoms with E-state index in [2.05, 4.69) is 37.8 Å². The number of hydrazone groups is 1. The minimum Gasteiger partial charge on any atom is -0.293 e. The molecule has 2 aromatic carbocycles. The molecule has 4 rings (SSSR count). The van der Waals surface area contributed by atoms with E-state index in [1.165, 1.54) is 5.56 Å². The Morgan fingerprint density at radius 2 is 2.08 bits per heavy atom. The number of rotatable bonds is 4. The zero-order chi connectivity index (χ0) is 17.1. The summed E-state index contributed by atoms with van der Waals surface area (Å²) < 4.78 is 0. The molecular formula is C19H19N5O. The number of aromatic nitrogens is 2. The number of nitrogens with one attached hydrogen (secondary N) is 2. The summed E-state index contributed by atoms with van der Waals surface area (Å²) in [5.74, 6) is 0.112. The summed E-state index contributed by atoms with van der Waals surface area (Å²) in [6.45, 7) is 2.16. The van der Waals surface area contributed by atoms with Crippen LogP contribution in [0, 0.1) is 0 Å². The van der Waals surface area contributed by atoms with E-state index in [4.69, 9.17) is 0 Å². The molecule has 0 radical (unpaired) electrons. The van der Waals surface area contributed by atoms with E-state index in [-0.39, 0.29) is 5.78 Å². The standard InChI is InChI=1S/C19H19N5O/c25-19-8-9-24(12-14-4-2-1-3-5-14)13-18(19)23-21-16-6-7-17-15(10-16)11-20-22-17/h1-7,10-11,21H,8-9,12-13H2,(H,20,22)/b23-18+. The van der Waals surface area contributed by atoms with Gasteiger partial charge in [0.25, 0.3) is 0 Å². The molecular weight excluding hydrogens is 314 g/mol. The average molecular weight is 333 g/mol. The van der Waals surface area contributed by atoms with Crippen LogP contribution in [0.25, 0.3) is 10.9 Å². The minimum atomic E-state index is 0.112. The summed E-state index contributed by atoms with van der Waals surface area (Å²) >= 11 is 0. The number of aromatic amines is 1. The van der Waals surface area contributed by atoms with E-state index < -0.39 is 0 Å². The molecule has 25 heavy (non-hydrogen) atoms. The van der Waals surface area contributed by atoms with Crippen LogP contribution in [0.5, 0.6) is 0 Å². The average Bonchev–Trinajstić information content (AvgIpc) is 3.11. The molecule has 1 aromatic heterocycles. The van der Waals surface area contributed by atoms with Crippen LogP contribution < -0.4 is 5.43 Å². The highest BCUT2D eigenvalue weighted by molar-refractivity contribution is 6.41. The Bertz CT molecular complexity index is 916. The number of carbonyl (C=O) groups excluding carboxylic acids is 1. The van der Waals surface area contributed by atoms with Crippen molar-refractivity contribution in [3.8, 4) is 0 Å². The third kappa shape index (κ3) is 3.59. The van der Waals surface area contributed by atoms with Crippen LogP contribution in [0.3, 0.4) is 0 Å². The van der Waals surface area contributed by atoms with E-state index in [1.807, 2.05) is 36.4 Å². The third-order valence-electron chi connectivity index (χ3n) is 4.36. The highest BCUT2D eigenvalue weighted by Crippen LogP contribution is 2.17. The van der Waals surface area contributed by atoms with Crippen molar-refractivity contribution in [3.05, 3.63) is 60.3 Å². The van der Waals surface area contributed by atoms with E-state index >= 15 is 0 Å². The first-order chi connectivity index (χ1) is 12.3. The molecule has 0 amide bonds. The van der Waals surface area contributed by atoms with Gasteiger partial charge in [-0.15, -0.1) is 0 Å². The van der Waals surface area contributed by atoms with Crippen molar-refractivity contribution in [2.75, 3.05) is 18.5 Å². The lowest BCUT2D eigenvalue weighted by Gasteiger charge is -2.26. The van der Waals surface area contributed by atoms with Gasteiger partial charge in [-0.3, -0.25) is 20.2 Å². The second-order valence-corrected chi connectivity index (χ2v) is 6.21. The molecule has 1 aliphatic heterocycles. The van der Waals surface area contributed by atoms with Gasteiger partial charge in [0.05, 0.1) is 17.4 Å². The van der Waals surface area contributed by atoms with E-state index in [0.29, 0.717) is 18.7 Å². The molecule has 6 heteroatoms. The Labute approximate surface area is 145 Å². The molecule has 1 fully saturated rings. The second-order valence-electron chi connectivity index (χ2n) is 6.21. The fourth-order valence-electron chi connectivity index (χ4n) is 3.00. The zero-order valence-corrected chi connectivity index (χ0v) is 13.8. The molecule has 126 valence electrons. The predicted molar refractivity (Wildman–Crippen MR) is 98.5 cm³/mol. The molecule has 3 aromatic rings. The van der Waals surface area contributed by atoms with Crippen molar-refractivity contribution in [3.63, 3.8) is 0 Å². The number of anilines is 1. The maximum atomic E-state index is 12.2.